The second kappa shape index (κ2) is 7.10. The van der Waals surface area contributed by atoms with Gasteiger partial charge in [0, 0.05) is 23.9 Å². The van der Waals surface area contributed by atoms with Crippen molar-refractivity contribution >= 4 is 17.4 Å². The lowest BCUT2D eigenvalue weighted by molar-refractivity contribution is -0.387. The van der Waals surface area contributed by atoms with Crippen LogP contribution in [0.4, 0.5) is 5.69 Å². The summed E-state index contributed by atoms with van der Waals surface area (Å²) in [4.78, 5) is 11.3. The van der Waals surface area contributed by atoms with Crippen LogP contribution in [0, 0.1) is 10.1 Å². The number of nitrogens with zero attached hydrogens (tertiary/aromatic N) is 1. The smallest absolute Gasteiger partial charge is 0.282 e. The number of methoxy groups -OCH3 is 1. The molecule has 0 heterocycles. The molecule has 0 fully saturated rings. The second-order valence-electron chi connectivity index (χ2n) is 4.36. The van der Waals surface area contributed by atoms with Crippen molar-refractivity contribution in [2.45, 2.75) is 17.2 Å². The monoisotopic (exact) mass is 304 g/mol. The molecule has 0 unspecified atom stereocenters. The molecular weight excluding hydrogens is 288 g/mol. The van der Waals surface area contributed by atoms with Gasteiger partial charge in [-0.1, -0.05) is 18.2 Å². The fourth-order valence-corrected chi connectivity index (χ4v) is 2.96. The summed E-state index contributed by atoms with van der Waals surface area (Å²) in [6.07, 6.45) is 0. The summed E-state index contributed by atoms with van der Waals surface area (Å²) < 4.78 is 5.32. The van der Waals surface area contributed by atoms with Crippen LogP contribution in [0.3, 0.4) is 0 Å². The van der Waals surface area contributed by atoms with Gasteiger partial charge in [0.2, 0.25) is 0 Å². The van der Waals surface area contributed by atoms with Crippen LogP contribution in [-0.2, 0) is 12.3 Å². The van der Waals surface area contributed by atoms with Crippen LogP contribution in [0.15, 0.2) is 47.4 Å². The molecule has 0 aliphatic rings. The average molecular weight is 304 g/mol. The van der Waals surface area contributed by atoms with Gasteiger partial charge < -0.3 is 10.5 Å². The van der Waals surface area contributed by atoms with Gasteiger partial charge in [0.05, 0.1) is 16.9 Å². The van der Waals surface area contributed by atoms with Crippen molar-refractivity contribution in [2.24, 2.45) is 5.73 Å². The van der Waals surface area contributed by atoms with Gasteiger partial charge in [-0.25, -0.2) is 0 Å². The first kappa shape index (κ1) is 15.3. The normalized spacial score (nSPS) is 10.4. The molecule has 2 N–H and O–H groups in total. The second-order valence-corrected chi connectivity index (χ2v) is 5.38. The number of benzene rings is 2. The fraction of sp³-hybridized carbons (Fsp3) is 0.200. The third kappa shape index (κ3) is 3.74. The Morgan fingerprint density at radius 3 is 2.71 bits per heavy atom. The van der Waals surface area contributed by atoms with E-state index in [1.54, 1.807) is 25.3 Å². The highest BCUT2D eigenvalue weighted by molar-refractivity contribution is 7.98. The Bertz CT molecular complexity index is 647. The number of rotatable bonds is 6. The molecule has 2 aromatic rings. The number of hydrogen-bond acceptors (Lipinski definition) is 5. The Balaban J connectivity index is 2.22. The van der Waals surface area contributed by atoms with Crippen LogP contribution in [0.2, 0.25) is 0 Å². The molecule has 21 heavy (non-hydrogen) atoms. The van der Waals surface area contributed by atoms with Crippen LogP contribution in [0.25, 0.3) is 0 Å². The number of para-hydroxylation sites is 1. The maximum Gasteiger partial charge on any atom is 0.282 e. The van der Waals surface area contributed by atoms with Crippen molar-refractivity contribution in [2.75, 3.05) is 7.11 Å². The van der Waals surface area contributed by atoms with Gasteiger partial charge >= 0.3 is 0 Å². The molecular formula is C15H16N2O3S. The van der Waals surface area contributed by atoms with Gasteiger partial charge in [-0.2, -0.15) is 0 Å². The van der Waals surface area contributed by atoms with E-state index in [2.05, 4.69) is 0 Å². The van der Waals surface area contributed by atoms with Crippen LogP contribution < -0.4 is 10.5 Å². The van der Waals surface area contributed by atoms with Crippen molar-refractivity contribution in [3.05, 3.63) is 63.7 Å². The van der Waals surface area contributed by atoms with Crippen LogP contribution in [0.5, 0.6) is 5.75 Å². The number of nitrogens with two attached hydrogens (primary N) is 1. The molecule has 0 radical (unpaired) electrons. The molecule has 5 nitrogen and oxygen atoms in total. The van der Waals surface area contributed by atoms with Gasteiger partial charge in [0.1, 0.15) is 5.75 Å². The standard InChI is InChI=1S/C15H16N2O3S/c1-20-14-7-6-11(9-16)8-12(14)10-21-15-5-3-2-4-13(15)17(18)19/h2-8H,9-10,16H2,1H3. The zero-order valence-electron chi connectivity index (χ0n) is 11.6. The summed E-state index contributed by atoms with van der Waals surface area (Å²) >= 11 is 1.41. The van der Waals surface area contributed by atoms with Crippen molar-refractivity contribution in [3.8, 4) is 5.75 Å². The van der Waals surface area contributed by atoms with Crippen LogP contribution >= 0.6 is 11.8 Å². The maximum atomic E-state index is 11.0. The van der Waals surface area contributed by atoms with Gasteiger partial charge in [-0.15, -0.1) is 11.8 Å². The minimum atomic E-state index is -0.365. The molecule has 0 bridgehead atoms. The Hall–Kier alpha value is -2.05. The van der Waals surface area contributed by atoms with E-state index in [1.807, 2.05) is 18.2 Å². The minimum absolute atomic E-state index is 0.122. The number of hydrogen-bond donors (Lipinski definition) is 1. The fourth-order valence-electron chi connectivity index (χ4n) is 1.96. The van der Waals surface area contributed by atoms with Crippen LogP contribution in [-0.4, -0.2) is 12.0 Å². The van der Waals surface area contributed by atoms with Crippen molar-refractivity contribution in [1.29, 1.82) is 0 Å². The number of thioether (sulfide) groups is 1. The zero-order valence-corrected chi connectivity index (χ0v) is 12.4. The molecule has 0 aliphatic carbocycles. The first-order chi connectivity index (χ1) is 10.2. The van der Waals surface area contributed by atoms with E-state index in [0.717, 1.165) is 16.9 Å². The molecule has 0 saturated carbocycles. The number of nitro benzene ring substituents is 1. The molecule has 0 aromatic heterocycles. The quantitative estimate of drug-likeness (QED) is 0.503. The predicted octanol–water partition coefficient (Wildman–Crippen LogP) is 3.35. The van der Waals surface area contributed by atoms with Crippen LogP contribution in [0.1, 0.15) is 11.1 Å². The van der Waals surface area contributed by atoms with Gasteiger partial charge in [0.15, 0.2) is 0 Å². The van der Waals surface area contributed by atoms with E-state index in [9.17, 15) is 10.1 Å². The Morgan fingerprint density at radius 2 is 2.05 bits per heavy atom. The third-order valence-corrected chi connectivity index (χ3v) is 4.14. The molecule has 2 aromatic carbocycles. The minimum Gasteiger partial charge on any atom is -0.496 e. The van der Waals surface area contributed by atoms with Crippen molar-refractivity contribution < 1.29 is 9.66 Å². The number of ether oxygens (including phenoxy) is 1. The van der Waals surface area contributed by atoms with E-state index >= 15 is 0 Å². The van der Waals surface area contributed by atoms with Gasteiger partial charge in [-0.3, -0.25) is 10.1 Å². The lowest BCUT2D eigenvalue weighted by Gasteiger charge is -2.10. The Morgan fingerprint density at radius 1 is 1.29 bits per heavy atom. The Labute approximate surface area is 127 Å². The summed E-state index contributed by atoms with van der Waals surface area (Å²) in [5.74, 6) is 1.35. The van der Waals surface area contributed by atoms with E-state index in [1.165, 1.54) is 17.8 Å². The maximum absolute atomic E-state index is 11.0. The summed E-state index contributed by atoms with van der Waals surface area (Å²) in [7, 11) is 1.61. The largest absolute Gasteiger partial charge is 0.496 e. The molecule has 0 saturated heterocycles. The first-order valence-electron chi connectivity index (χ1n) is 6.37. The van der Waals surface area contributed by atoms with E-state index in [0.29, 0.717) is 17.2 Å². The van der Waals surface area contributed by atoms with E-state index in [-0.39, 0.29) is 10.6 Å². The average Bonchev–Trinajstić information content (AvgIpc) is 2.52. The molecule has 0 aliphatic heterocycles. The molecule has 0 amide bonds. The van der Waals surface area contributed by atoms with E-state index in [4.69, 9.17) is 10.5 Å². The summed E-state index contributed by atoms with van der Waals surface area (Å²) in [5.41, 5.74) is 7.75. The van der Waals surface area contributed by atoms with Gasteiger partial charge in [0.25, 0.3) is 5.69 Å². The Kier molecular flexibility index (Phi) is 5.19. The van der Waals surface area contributed by atoms with Crippen molar-refractivity contribution in [1.82, 2.24) is 0 Å². The predicted molar refractivity (Wildman–Crippen MR) is 83.5 cm³/mol. The highest BCUT2D eigenvalue weighted by Crippen LogP contribution is 2.33. The first-order valence-corrected chi connectivity index (χ1v) is 7.36. The highest BCUT2D eigenvalue weighted by Gasteiger charge is 2.14. The van der Waals surface area contributed by atoms with Gasteiger partial charge in [-0.05, 0) is 23.8 Å². The third-order valence-electron chi connectivity index (χ3n) is 3.03. The summed E-state index contributed by atoms with van der Waals surface area (Å²) in [5, 5.41) is 11.0. The lowest BCUT2D eigenvalue weighted by Crippen LogP contribution is -1.99. The SMILES string of the molecule is COc1ccc(CN)cc1CSc1ccccc1[N+](=O)[O-]. The van der Waals surface area contributed by atoms with Crippen molar-refractivity contribution in [3.63, 3.8) is 0 Å². The zero-order chi connectivity index (χ0) is 15.2. The molecule has 0 spiro atoms. The molecule has 110 valence electrons. The summed E-state index contributed by atoms with van der Waals surface area (Å²) in [6.45, 7) is 0.452. The lowest BCUT2D eigenvalue weighted by atomic mass is 10.1. The molecule has 2 rings (SSSR count). The molecule has 0 atom stereocenters. The van der Waals surface area contributed by atoms with E-state index < -0.39 is 0 Å². The number of nitro groups is 1. The summed E-state index contributed by atoms with van der Waals surface area (Å²) in [6, 6.07) is 12.5. The topological polar surface area (TPSA) is 78.4 Å². The highest BCUT2D eigenvalue weighted by atomic mass is 32.2. The molecule has 6 heteroatoms.